The lowest BCUT2D eigenvalue weighted by atomic mass is 9.80. The van der Waals surface area contributed by atoms with Crippen molar-refractivity contribution in [2.24, 2.45) is 0 Å². The van der Waals surface area contributed by atoms with Gasteiger partial charge in [0.2, 0.25) is 0 Å². The highest BCUT2D eigenvalue weighted by Crippen LogP contribution is 2.49. The molecule has 1 heterocycles. The van der Waals surface area contributed by atoms with E-state index in [-0.39, 0.29) is 22.6 Å². The van der Waals surface area contributed by atoms with Gasteiger partial charge in [-0.2, -0.15) is 13.2 Å². The summed E-state index contributed by atoms with van der Waals surface area (Å²) < 4.78 is 63.6. The number of nitrogens with zero attached hydrogens (tertiary/aromatic N) is 1. The molecule has 1 aliphatic carbocycles. The third-order valence-corrected chi connectivity index (χ3v) is 13.0. The minimum Gasteiger partial charge on any atom is -0.410 e. The first kappa shape index (κ1) is 30.4. The summed E-state index contributed by atoms with van der Waals surface area (Å²) in [6.07, 6.45) is -3.83. The van der Waals surface area contributed by atoms with Crippen LogP contribution in [0.15, 0.2) is 48.5 Å². The van der Waals surface area contributed by atoms with Gasteiger partial charge < -0.3 is 4.43 Å². The third kappa shape index (κ3) is 6.06. The summed E-state index contributed by atoms with van der Waals surface area (Å²) in [4.78, 5) is 5.08. The molecule has 0 aliphatic heterocycles. The molecule has 0 radical (unpaired) electrons. The van der Waals surface area contributed by atoms with Crippen LogP contribution >= 0.6 is 0 Å². The Labute approximate surface area is 237 Å². The molecule has 0 saturated carbocycles. The van der Waals surface area contributed by atoms with E-state index >= 15 is 4.39 Å². The van der Waals surface area contributed by atoms with Gasteiger partial charge in [0.15, 0.2) is 14.5 Å². The maximum Gasteiger partial charge on any atom is 0.416 e. The summed E-state index contributed by atoms with van der Waals surface area (Å²) in [5.74, 6) is -0.0844. The highest BCUT2D eigenvalue weighted by Gasteiger charge is 2.42. The van der Waals surface area contributed by atoms with Crippen LogP contribution in [-0.2, 0) is 17.0 Å². The molecule has 2 atom stereocenters. The van der Waals surface area contributed by atoms with Crippen molar-refractivity contribution in [3.8, 4) is 11.1 Å². The van der Waals surface area contributed by atoms with Crippen LogP contribution in [0.5, 0.6) is 0 Å². The van der Waals surface area contributed by atoms with Gasteiger partial charge in [0.05, 0.1) is 17.4 Å². The molecule has 7 heteroatoms. The number of hydrogen-bond donors (Lipinski definition) is 0. The predicted octanol–water partition coefficient (Wildman–Crippen LogP) is 10.7. The molecule has 1 aliphatic rings. The van der Waals surface area contributed by atoms with E-state index in [1.807, 2.05) is 45.0 Å². The largest absolute Gasteiger partial charge is 0.416 e. The van der Waals surface area contributed by atoms with E-state index in [1.54, 1.807) is 0 Å². The van der Waals surface area contributed by atoms with E-state index in [9.17, 15) is 13.2 Å². The average molecular weight is 572 g/mol. The van der Waals surface area contributed by atoms with Crippen LogP contribution in [0, 0.1) is 6.92 Å². The second-order valence-corrected chi connectivity index (χ2v) is 17.7. The SMILES string of the molecule is Cc1ccc(-c2c3c(nc(C(C)C)c2C(F)c2ccc(C(F)(F)F)cc2)CCCC3O[Si](C)(C)C(C)(C)C)cc1. The highest BCUT2D eigenvalue weighted by molar-refractivity contribution is 6.74. The zero-order valence-corrected chi connectivity index (χ0v) is 25.8. The van der Waals surface area contributed by atoms with Gasteiger partial charge in [-0.25, -0.2) is 4.39 Å². The molecule has 0 spiro atoms. The number of aromatic nitrogens is 1. The van der Waals surface area contributed by atoms with E-state index in [2.05, 4.69) is 33.9 Å². The fourth-order valence-corrected chi connectivity index (χ4v) is 6.51. The molecule has 216 valence electrons. The zero-order chi connectivity index (χ0) is 29.6. The van der Waals surface area contributed by atoms with Crippen molar-refractivity contribution in [1.29, 1.82) is 0 Å². The molecule has 2 nitrogen and oxygen atoms in total. The van der Waals surface area contributed by atoms with Crippen LogP contribution in [0.3, 0.4) is 0 Å². The summed E-state index contributed by atoms with van der Waals surface area (Å²) in [5.41, 5.74) is 5.10. The summed E-state index contributed by atoms with van der Waals surface area (Å²) in [5, 5.41) is -0.00831. The molecule has 2 aromatic carbocycles. The molecule has 0 N–H and O–H groups in total. The predicted molar refractivity (Wildman–Crippen MR) is 157 cm³/mol. The smallest absolute Gasteiger partial charge is 0.410 e. The third-order valence-electron chi connectivity index (χ3n) is 8.50. The van der Waals surface area contributed by atoms with Gasteiger partial charge in [-0.15, -0.1) is 0 Å². The molecule has 0 fully saturated rings. The Kier molecular flexibility index (Phi) is 8.41. The van der Waals surface area contributed by atoms with Crippen molar-refractivity contribution in [3.05, 3.63) is 87.7 Å². The van der Waals surface area contributed by atoms with Gasteiger partial charge in [-0.05, 0) is 79.1 Å². The number of pyridine rings is 1. The van der Waals surface area contributed by atoms with Crippen LogP contribution in [0.25, 0.3) is 11.1 Å². The first-order valence-electron chi connectivity index (χ1n) is 14.1. The molecule has 0 amide bonds. The zero-order valence-electron chi connectivity index (χ0n) is 24.8. The summed E-state index contributed by atoms with van der Waals surface area (Å²) >= 11 is 0. The van der Waals surface area contributed by atoms with Crippen LogP contribution in [0.2, 0.25) is 18.1 Å². The minimum absolute atomic E-state index is 0.00831. The quantitative estimate of drug-likeness (QED) is 0.217. The van der Waals surface area contributed by atoms with Crippen molar-refractivity contribution < 1.29 is 22.0 Å². The molecule has 0 saturated heterocycles. The normalized spacial score (nSPS) is 17.2. The number of hydrogen-bond acceptors (Lipinski definition) is 2. The van der Waals surface area contributed by atoms with Crippen molar-refractivity contribution in [2.45, 2.75) is 103 Å². The van der Waals surface area contributed by atoms with Crippen molar-refractivity contribution in [3.63, 3.8) is 0 Å². The number of rotatable bonds is 6. The van der Waals surface area contributed by atoms with E-state index in [0.717, 1.165) is 59.3 Å². The van der Waals surface area contributed by atoms with Crippen molar-refractivity contribution in [1.82, 2.24) is 4.98 Å². The number of alkyl halides is 4. The summed E-state index contributed by atoms with van der Waals surface area (Å²) in [6, 6.07) is 12.5. The van der Waals surface area contributed by atoms with Crippen molar-refractivity contribution >= 4 is 8.32 Å². The molecule has 3 aromatic rings. The van der Waals surface area contributed by atoms with Gasteiger partial charge in [0.25, 0.3) is 0 Å². The van der Waals surface area contributed by atoms with Gasteiger partial charge in [0.1, 0.15) is 0 Å². The first-order valence-corrected chi connectivity index (χ1v) is 17.0. The maximum atomic E-state index is 16.8. The molecular formula is C33H41F4NOSi. The average Bonchev–Trinajstić information content (AvgIpc) is 2.86. The van der Waals surface area contributed by atoms with Crippen LogP contribution < -0.4 is 0 Å². The van der Waals surface area contributed by atoms with E-state index < -0.39 is 26.2 Å². The molecule has 1 aromatic heterocycles. The van der Waals surface area contributed by atoms with E-state index in [1.165, 1.54) is 12.1 Å². The molecule has 0 bridgehead atoms. The number of fused-ring (bicyclic) bond motifs is 1. The highest BCUT2D eigenvalue weighted by atomic mass is 28.4. The topological polar surface area (TPSA) is 22.1 Å². The Bertz CT molecular complexity index is 1340. The molecule has 40 heavy (non-hydrogen) atoms. The Morgan fingerprint density at radius 3 is 2.08 bits per heavy atom. The fraction of sp³-hybridized carbons (Fsp3) is 0.485. The second-order valence-electron chi connectivity index (χ2n) is 12.9. The van der Waals surface area contributed by atoms with E-state index in [0.29, 0.717) is 11.3 Å². The number of aryl methyl sites for hydroxylation is 2. The maximum absolute atomic E-state index is 16.8. The van der Waals surface area contributed by atoms with Crippen molar-refractivity contribution in [2.75, 3.05) is 0 Å². The minimum atomic E-state index is -4.48. The summed E-state index contributed by atoms with van der Waals surface area (Å²) in [7, 11) is -2.19. The van der Waals surface area contributed by atoms with Gasteiger partial charge >= 0.3 is 6.18 Å². The molecule has 4 rings (SSSR count). The second kappa shape index (κ2) is 11.0. The van der Waals surface area contributed by atoms with Crippen LogP contribution in [0.1, 0.15) is 105 Å². The molecular weight excluding hydrogens is 530 g/mol. The lowest BCUT2D eigenvalue weighted by Crippen LogP contribution is -2.42. The number of benzene rings is 2. The lowest BCUT2D eigenvalue weighted by Gasteiger charge is -2.42. The van der Waals surface area contributed by atoms with Gasteiger partial charge in [0, 0.05) is 16.8 Å². The van der Waals surface area contributed by atoms with Crippen LogP contribution in [-0.4, -0.2) is 13.3 Å². The van der Waals surface area contributed by atoms with E-state index in [4.69, 9.17) is 9.41 Å². The van der Waals surface area contributed by atoms with Crippen LogP contribution in [0.4, 0.5) is 17.6 Å². The monoisotopic (exact) mass is 571 g/mol. The Hall–Kier alpha value is -2.51. The van der Waals surface area contributed by atoms with Gasteiger partial charge in [-0.1, -0.05) is 76.6 Å². The van der Waals surface area contributed by atoms with Gasteiger partial charge in [-0.3, -0.25) is 4.98 Å². The summed E-state index contributed by atoms with van der Waals surface area (Å²) in [6.45, 7) is 17.1. The Morgan fingerprint density at radius 1 is 0.950 bits per heavy atom. The molecule has 2 unspecified atom stereocenters. The lowest BCUT2D eigenvalue weighted by molar-refractivity contribution is -0.137. The number of halogens is 4. The fourth-order valence-electron chi connectivity index (χ4n) is 5.21. The Balaban J connectivity index is 2.00. The Morgan fingerprint density at radius 2 is 1.55 bits per heavy atom. The standard InChI is InChI=1S/C33H41F4NOSi/c1-20(2)31-29(30(34)23-16-18-24(19-17-23)33(35,36)37)27(22-14-12-21(3)13-15-22)28-25(38-31)10-9-11-26(28)39-40(7,8)32(4,5)6/h12-20,26,30H,9-11H2,1-8H3. The first-order chi connectivity index (χ1) is 18.5.